The van der Waals surface area contributed by atoms with Crippen molar-refractivity contribution in [2.45, 2.75) is 6.54 Å². The highest BCUT2D eigenvalue weighted by atomic mass is 16.5. The second-order valence-electron chi connectivity index (χ2n) is 4.29. The van der Waals surface area contributed by atoms with Gasteiger partial charge in [-0.15, -0.1) is 0 Å². The van der Waals surface area contributed by atoms with E-state index < -0.39 is 0 Å². The summed E-state index contributed by atoms with van der Waals surface area (Å²) < 4.78 is 5.26. The molecule has 2 N–H and O–H groups in total. The molecule has 0 radical (unpaired) electrons. The maximum atomic E-state index is 5.26. The van der Waals surface area contributed by atoms with Gasteiger partial charge >= 0.3 is 0 Å². The Kier molecular flexibility index (Phi) is 2.01. The van der Waals surface area contributed by atoms with Crippen molar-refractivity contribution < 1.29 is 9.64 Å². The predicted molar refractivity (Wildman–Crippen MR) is 64.5 cm³/mol. The third-order valence-corrected chi connectivity index (χ3v) is 3.12. The summed E-state index contributed by atoms with van der Waals surface area (Å²) in [4.78, 5) is 4.86. The van der Waals surface area contributed by atoms with Crippen molar-refractivity contribution in [3.8, 4) is 5.75 Å². The summed E-state index contributed by atoms with van der Waals surface area (Å²) in [6.07, 6.45) is 4.38. The lowest BCUT2D eigenvalue weighted by atomic mass is 10.1. The molecule has 1 aromatic heterocycles. The molecule has 1 atom stereocenters. The van der Waals surface area contributed by atoms with Gasteiger partial charge in [0.2, 0.25) is 0 Å². The van der Waals surface area contributed by atoms with Crippen molar-refractivity contribution in [3.63, 3.8) is 0 Å². The number of hydrogen-bond acceptors (Lipinski definition) is 1. The maximum Gasteiger partial charge on any atom is 0.122 e. The van der Waals surface area contributed by atoms with Crippen molar-refractivity contribution in [3.05, 3.63) is 35.7 Å². The Balaban J connectivity index is 2.24. The molecule has 0 amide bonds. The molecule has 1 aliphatic heterocycles. The van der Waals surface area contributed by atoms with Crippen LogP contribution in [0.25, 0.3) is 17.0 Å². The lowest BCUT2D eigenvalue weighted by molar-refractivity contribution is -0.839. The number of hydrogen-bond donors (Lipinski definition) is 2. The number of aromatic amines is 1. The Labute approximate surface area is 94.3 Å². The van der Waals surface area contributed by atoms with Crippen LogP contribution in [0.4, 0.5) is 0 Å². The quantitative estimate of drug-likeness (QED) is 0.735. The number of ether oxygens (including phenoxy) is 1. The van der Waals surface area contributed by atoms with Crippen LogP contribution < -0.4 is 9.64 Å². The van der Waals surface area contributed by atoms with Gasteiger partial charge in [0.15, 0.2) is 0 Å². The van der Waals surface area contributed by atoms with Crippen LogP contribution in [0, 0.1) is 0 Å². The van der Waals surface area contributed by atoms with E-state index in [1.165, 1.54) is 27.1 Å². The zero-order valence-corrected chi connectivity index (χ0v) is 9.50. The van der Waals surface area contributed by atoms with Gasteiger partial charge in [0, 0.05) is 22.5 Å². The third-order valence-electron chi connectivity index (χ3n) is 3.12. The van der Waals surface area contributed by atoms with Crippen LogP contribution in [-0.2, 0) is 6.54 Å². The largest absolute Gasteiger partial charge is 0.497 e. The summed E-state index contributed by atoms with van der Waals surface area (Å²) in [7, 11) is 3.86. The van der Waals surface area contributed by atoms with E-state index in [0.717, 1.165) is 12.3 Å². The van der Waals surface area contributed by atoms with E-state index in [9.17, 15) is 0 Å². The summed E-state index contributed by atoms with van der Waals surface area (Å²) in [5, 5.41) is 1.25. The lowest BCUT2D eigenvalue weighted by Crippen LogP contribution is -3.03. The summed E-state index contributed by atoms with van der Waals surface area (Å²) in [6.45, 7) is 1.02. The Morgan fingerprint density at radius 3 is 3.06 bits per heavy atom. The molecule has 1 unspecified atom stereocenters. The van der Waals surface area contributed by atoms with Crippen LogP contribution in [0.1, 0.15) is 11.3 Å². The van der Waals surface area contributed by atoms with Crippen LogP contribution in [0.3, 0.4) is 0 Å². The minimum atomic E-state index is 0.911. The lowest BCUT2D eigenvalue weighted by Gasteiger charge is -2.12. The molecule has 16 heavy (non-hydrogen) atoms. The molecule has 0 saturated carbocycles. The topological polar surface area (TPSA) is 29.5 Å². The minimum Gasteiger partial charge on any atom is -0.497 e. The van der Waals surface area contributed by atoms with Gasteiger partial charge in [0.1, 0.15) is 12.3 Å². The summed E-state index contributed by atoms with van der Waals surface area (Å²) >= 11 is 0. The Hall–Kier alpha value is -1.74. The second kappa shape index (κ2) is 3.39. The van der Waals surface area contributed by atoms with E-state index in [0.29, 0.717) is 0 Å². The molecule has 0 aliphatic carbocycles. The zero-order valence-electron chi connectivity index (χ0n) is 9.50. The summed E-state index contributed by atoms with van der Waals surface area (Å²) in [5.41, 5.74) is 3.80. The van der Waals surface area contributed by atoms with Crippen LogP contribution in [0.5, 0.6) is 5.75 Å². The first-order chi connectivity index (χ1) is 7.78. The third kappa shape index (κ3) is 1.32. The van der Waals surface area contributed by atoms with Gasteiger partial charge in [0.05, 0.1) is 26.1 Å². The molecule has 3 heteroatoms. The molecular weight excluding hydrogens is 200 g/mol. The molecule has 2 aromatic rings. The number of H-pyrrole nitrogens is 1. The molecule has 3 nitrogen and oxygen atoms in total. The fourth-order valence-corrected chi connectivity index (χ4v) is 2.27. The van der Waals surface area contributed by atoms with Crippen molar-refractivity contribution in [1.29, 1.82) is 0 Å². The maximum absolute atomic E-state index is 5.26. The van der Waals surface area contributed by atoms with Crippen molar-refractivity contribution in [2.75, 3.05) is 14.2 Å². The average molecular weight is 215 g/mol. The number of fused-ring (bicyclic) bond motifs is 3. The van der Waals surface area contributed by atoms with E-state index in [2.05, 4.69) is 36.4 Å². The van der Waals surface area contributed by atoms with Gasteiger partial charge in [-0.25, -0.2) is 0 Å². The normalized spacial score (nSPS) is 18.8. The van der Waals surface area contributed by atoms with E-state index in [4.69, 9.17) is 4.74 Å². The number of aromatic nitrogens is 1. The highest BCUT2D eigenvalue weighted by molar-refractivity contribution is 5.91. The SMILES string of the molecule is COc1ccc2[nH]c3c(c2c1)C=C[NH+](C)C3. The molecule has 0 bridgehead atoms. The van der Waals surface area contributed by atoms with Crippen LogP contribution >= 0.6 is 0 Å². The van der Waals surface area contributed by atoms with Crippen molar-refractivity contribution >= 4 is 17.0 Å². The monoisotopic (exact) mass is 215 g/mol. The molecule has 2 heterocycles. The number of quaternary nitrogens is 1. The van der Waals surface area contributed by atoms with Gasteiger partial charge in [-0.05, 0) is 18.2 Å². The smallest absolute Gasteiger partial charge is 0.122 e. The average Bonchev–Trinajstić information content (AvgIpc) is 2.65. The fraction of sp³-hybridized carbons (Fsp3) is 0.231. The Morgan fingerprint density at radius 1 is 1.38 bits per heavy atom. The molecule has 82 valence electrons. The predicted octanol–water partition coefficient (Wildman–Crippen LogP) is 1.18. The van der Waals surface area contributed by atoms with Crippen molar-refractivity contribution in [1.82, 2.24) is 4.98 Å². The van der Waals surface area contributed by atoms with Crippen molar-refractivity contribution in [2.24, 2.45) is 0 Å². The van der Waals surface area contributed by atoms with Crippen LogP contribution in [0.2, 0.25) is 0 Å². The zero-order chi connectivity index (χ0) is 11.1. The standard InChI is InChI=1S/C13H14N2O/c1-15-6-5-10-11-7-9(16-2)3-4-12(11)14-13(10)8-15/h3-7,14H,8H2,1-2H3/p+1. The van der Waals surface area contributed by atoms with Gasteiger partial charge in [0.25, 0.3) is 0 Å². The highest BCUT2D eigenvalue weighted by Crippen LogP contribution is 2.28. The Bertz CT molecular complexity index is 569. The van der Waals surface area contributed by atoms with E-state index in [1.807, 2.05) is 6.07 Å². The summed E-state index contributed by atoms with van der Waals surface area (Å²) in [6, 6.07) is 6.16. The molecule has 0 saturated heterocycles. The first-order valence-corrected chi connectivity index (χ1v) is 5.47. The van der Waals surface area contributed by atoms with Gasteiger partial charge < -0.3 is 14.6 Å². The number of methoxy groups -OCH3 is 1. The first kappa shape index (κ1) is 9.48. The van der Waals surface area contributed by atoms with Crippen LogP contribution in [-0.4, -0.2) is 19.1 Å². The fourth-order valence-electron chi connectivity index (χ4n) is 2.27. The first-order valence-electron chi connectivity index (χ1n) is 5.47. The minimum absolute atomic E-state index is 0.911. The number of nitrogens with one attached hydrogen (secondary N) is 2. The number of rotatable bonds is 1. The molecule has 0 fully saturated rings. The van der Waals surface area contributed by atoms with E-state index >= 15 is 0 Å². The molecule has 1 aromatic carbocycles. The second-order valence-corrected chi connectivity index (χ2v) is 4.29. The molecule has 3 rings (SSSR count). The number of benzene rings is 1. The highest BCUT2D eigenvalue weighted by Gasteiger charge is 2.16. The van der Waals surface area contributed by atoms with E-state index in [1.54, 1.807) is 7.11 Å². The van der Waals surface area contributed by atoms with E-state index in [-0.39, 0.29) is 0 Å². The molecule has 0 spiro atoms. The Morgan fingerprint density at radius 2 is 2.25 bits per heavy atom. The molecular formula is C13H15N2O+. The van der Waals surface area contributed by atoms with Gasteiger partial charge in [-0.2, -0.15) is 0 Å². The van der Waals surface area contributed by atoms with Gasteiger partial charge in [-0.3, -0.25) is 0 Å². The van der Waals surface area contributed by atoms with Crippen LogP contribution in [0.15, 0.2) is 24.4 Å². The van der Waals surface area contributed by atoms with Gasteiger partial charge in [-0.1, -0.05) is 0 Å². The summed E-state index contributed by atoms with van der Waals surface area (Å²) in [5.74, 6) is 0.911. The molecule has 1 aliphatic rings.